The third-order valence-corrected chi connectivity index (χ3v) is 2.66. The fourth-order valence-electron chi connectivity index (χ4n) is 1.77. The molecule has 0 atom stereocenters. The van der Waals surface area contributed by atoms with Gasteiger partial charge in [-0.1, -0.05) is 6.07 Å². The standard InChI is InChI=1S/C14H15N3O3/c1-3-15-12-5-4-6-13(14(12)17(18)19)20-11-8-7-10(2)16-9-11/h4-9,15H,3H2,1-2H3. The highest BCUT2D eigenvalue weighted by atomic mass is 16.6. The quantitative estimate of drug-likeness (QED) is 0.666. The summed E-state index contributed by atoms with van der Waals surface area (Å²) in [5.41, 5.74) is 1.22. The Balaban J connectivity index is 2.37. The summed E-state index contributed by atoms with van der Waals surface area (Å²) in [5.74, 6) is 0.659. The molecule has 0 unspecified atom stereocenters. The number of nitro benzene ring substituents is 1. The van der Waals surface area contributed by atoms with Gasteiger partial charge in [0.05, 0.1) is 11.1 Å². The molecule has 104 valence electrons. The minimum absolute atomic E-state index is 0.0741. The third-order valence-electron chi connectivity index (χ3n) is 2.66. The van der Waals surface area contributed by atoms with Crippen LogP contribution in [0, 0.1) is 17.0 Å². The number of nitro groups is 1. The molecule has 0 saturated carbocycles. The van der Waals surface area contributed by atoms with Crippen LogP contribution in [0.2, 0.25) is 0 Å². The maximum atomic E-state index is 11.2. The Morgan fingerprint density at radius 2 is 2.15 bits per heavy atom. The van der Waals surface area contributed by atoms with E-state index < -0.39 is 4.92 Å². The molecule has 0 aliphatic rings. The number of nitrogens with one attached hydrogen (secondary N) is 1. The number of aryl methyl sites for hydroxylation is 1. The normalized spacial score (nSPS) is 10.1. The van der Waals surface area contributed by atoms with Crippen molar-refractivity contribution < 1.29 is 9.66 Å². The van der Waals surface area contributed by atoms with Crippen molar-refractivity contribution in [2.24, 2.45) is 0 Å². The number of hydrogen-bond acceptors (Lipinski definition) is 5. The lowest BCUT2D eigenvalue weighted by Crippen LogP contribution is -2.02. The summed E-state index contributed by atoms with van der Waals surface area (Å²) in [7, 11) is 0. The van der Waals surface area contributed by atoms with E-state index in [2.05, 4.69) is 10.3 Å². The minimum Gasteiger partial charge on any atom is -0.448 e. The van der Waals surface area contributed by atoms with E-state index in [-0.39, 0.29) is 11.4 Å². The van der Waals surface area contributed by atoms with Crippen molar-refractivity contribution in [2.45, 2.75) is 13.8 Å². The Labute approximate surface area is 116 Å². The van der Waals surface area contributed by atoms with Crippen LogP contribution in [0.1, 0.15) is 12.6 Å². The second-order valence-corrected chi connectivity index (χ2v) is 4.18. The van der Waals surface area contributed by atoms with Gasteiger partial charge in [-0.2, -0.15) is 0 Å². The molecule has 0 spiro atoms. The zero-order chi connectivity index (χ0) is 14.5. The fraction of sp³-hybridized carbons (Fsp3) is 0.214. The molecule has 1 aromatic heterocycles. The average Bonchev–Trinajstić information content (AvgIpc) is 2.41. The number of pyridine rings is 1. The SMILES string of the molecule is CCNc1cccc(Oc2ccc(C)nc2)c1[N+](=O)[O-]. The molecule has 0 radical (unpaired) electrons. The molecule has 0 aliphatic heterocycles. The van der Waals surface area contributed by atoms with Crippen LogP contribution in [-0.2, 0) is 0 Å². The van der Waals surface area contributed by atoms with Gasteiger partial charge in [-0.05, 0) is 38.1 Å². The van der Waals surface area contributed by atoms with E-state index in [1.165, 1.54) is 0 Å². The van der Waals surface area contributed by atoms with Gasteiger partial charge in [-0.3, -0.25) is 15.1 Å². The van der Waals surface area contributed by atoms with Crippen molar-refractivity contribution in [1.82, 2.24) is 4.98 Å². The molecule has 1 aromatic carbocycles. The zero-order valence-electron chi connectivity index (χ0n) is 11.3. The van der Waals surface area contributed by atoms with Gasteiger partial charge in [0.1, 0.15) is 11.4 Å². The molecule has 0 amide bonds. The molecule has 2 rings (SSSR count). The molecule has 1 N–H and O–H groups in total. The highest BCUT2D eigenvalue weighted by Gasteiger charge is 2.21. The molecular weight excluding hydrogens is 258 g/mol. The van der Waals surface area contributed by atoms with Gasteiger partial charge < -0.3 is 10.1 Å². The highest BCUT2D eigenvalue weighted by molar-refractivity contribution is 5.68. The van der Waals surface area contributed by atoms with Crippen LogP contribution in [0.5, 0.6) is 11.5 Å². The molecule has 0 saturated heterocycles. The summed E-state index contributed by atoms with van der Waals surface area (Å²) in [6.45, 7) is 4.33. The van der Waals surface area contributed by atoms with Crippen LogP contribution in [0.25, 0.3) is 0 Å². The maximum absolute atomic E-state index is 11.2. The Kier molecular flexibility index (Phi) is 4.14. The van der Waals surface area contributed by atoms with E-state index in [0.717, 1.165) is 5.69 Å². The van der Waals surface area contributed by atoms with Gasteiger partial charge in [0, 0.05) is 12.2 Å². The number of rotatable bonds is 5. The van der Waals surface area contributed by atoms with Crippen molar-refractivity contribution in [2.75, 3.05) is 11.9 Å². The molecule has 2 aromatic rings. The number of benzene rings is 1. The average molecular weight is 273 g/mol. The topological polar surface area (TPSA) is 77.3 Å². The summed E-state index contributed by atoms with van der Waals surface area (Å²) in [5, 5.41) is 14.2. The number of hydrogen-bond donors (Lipinski definition) is 1. The van der Waals surface area contributed by atoms with Gasteiger partial charge in [-0.25, -0.2) is 0 Å². The second-order valence-electron chi connectivity index (χ2n) is 4.18. The van der Waals surface area contributed by atoms with Crippen molar-refractivity contribution in [3.63, 3.8) is 0 Å². The first-order valence-corrected chi connectivity index (χ1v) is 6.23. The predicted molar refractivity (Wildman–Crippen MR) is 76.3 cm³/mol. The molecular formula is C14H15N3O3. The first kappa shape index (κ1) is 13.8. The van der Waals surface area contributed by atoms with Crippen molar-refractivity contribution in [3.05, 3.63) is 52.3 Å². The summed E-state index contributed by atoms with van der Waals surface area (Å²) in [4.78, 5) is 14.9. The van der Waals surface area contributed by atoms with Crippen LogP contribution >= 0.6 is 0 Å². The van der Waals surface area contributed by atoms with Crippen LogP contribution in [0.4, 0.5) is 11.4 Å². The molecule has 0 fully saturated rings. The fourth-order valence-corrected chi connectivity index (χ4v) is 1.77. The molecule has 6 heteroatoms. The molecule has 0 bridgehead atoms. The van der Waals surface area contributed by atoms with E-state index >= 15 is 0 Å². The number of nitrogens with zero attached hydrogens (tertiary/aromatic N) is 2. The zero-order valence-corrected chi connectivity index (χ0v) is 11.3. The Morgan fingerprint density at radius 1 is 1.35 bits per heavy atom. The van der Waals surface area contributed by atoms with E-state index in [0.29, 0.717) is 18.0 Å². The Hall–Kier alpha value is -2.63. The van der Waals surface area contributed by atoms with Crippen molar-refractivity contribution >= 4 is 11.4 Å². The molecule has 0 aliphatic carbocycles. The third kappa shape index (κ3) is 3.03. The van der Waals surface area contributed by atoms with E-state index in [9.17, 15) is 10.1 Å². The lowest BCUT2D eigenvalue weighted by Gasteiger charge is -2.10. The molecule has 1 heterocycles. The van der Waals surface area contributed by atoms with E-state index in [1.807, 2.05) is 13.8 Å². The van der Waals surface area contributed by atoms with Crippen molar-refractivity contribution in [1.29, 1.82) is 0 Å². The van der Waals surface area contributed by atoms with Gasteiger partial charge in [0.15, 0.2) is 0 Å². The van der Waals surface area contributed by atoms with E-state index in [1.54, 1.807) is 36.5 Å². The number of para-hydroxylation sites is 1. The van der Waals surface area contributed by atoms with Crippen molar-refractivity contribution in [3.8, 4) is 11.5 Å². The van der Waals surface area contributed by atoms with E-state index in [4.69, 9.17) is 4.74 Å². The smallest absolute Gasteiger partial charge is 0.334 e. The van der Waals surface area contributed by atoms with Crippen LogP contribution < -0.4 is 10.1 Å². The second kappa shape index (κ2) is 6.01. The summed E-state index contributed by atoms with van der Waals surface area (Å²) in [6, 6.07) is 8.45. The monoisotopic (exact) mass is 273 g/mol. The first-order valence-electron chi connectivity index (χ1n) is 6.23. The maximum Gasteiger partial charge on any atom is 0.334 e. The first-order chi connectivity index (χ1) is 9.61. The predicted octanol–water partition coefficient (Wildman–Crippen LogP) is 3.52. The summed E-state index contributed by atoms with van der Waals surface area (Å²) < 4.78 is 5.57. The number of ether oxygens (including phenoxy) is 1. The number of anilines is 1. The Morgan fingerprint density at radius 3 is 2.75 bits per heavy atom. The highest BCUT2D eigenvalue weighted by Crippen LogP contribution is 2.37. The summed E-state index contributed by atoms with van der Waals surface area (Å²) in [6.07, 6.45) is 1.54. The molecule has 6 nitrogen and oxygen atoms in total. The van der Waals surface area contributed by atoms with Gasteiger partial charge in [0.2, 0.25) is 5.75 Å². The van der Waals surface area contributed by atoms with Gasteiger partial charge >= 0.3 is 5.69 Å². The van der Waals surface area contributed by atoms with Gasteiger partial charge in [0.25, 0.3) is 0 Å². The lowest BCUT2D eigenvalue weighted by molar-refractivity contribution is -0.384. The largest absolute Gasteiger partial charge is 0.448 e. The van der Waals surface area contributed by atoms with Crippen LogP contribution in [0.3, 0.4) is 0 Å². The van der Waals surface area contributed by atoms with Crippen LogP contribution in [-0.4, -0.2) is 16.5 Å². The lowest BCUT2D eigenvalue weighted by atomic mass is 10.2. The minimum atomic E-state index is -0.449. The molecule has 20 heavy (non-hydrogen) atoms. The van der Waals surface area contributed by atoms with Crippen LogP contribution in [0.15, 0.2) is 36.5 Å². The van der Waals surface area contributed by atoms with Gasteiger partial charge in [-0.15, -0.1) is 0 Å². The Bertz CT molecular complexity index is 612. The summed E-state index contributed by atoms with van der Waals surface area (Å²) >= 11 is 0. The number of aromatic nitrogens is 1.